The molecule has 1 unspecified atom stereocenters. The molecular weight excluding hydrogens is 252 g/mol. The summed E-state index contributed by atoms with van der Waals surface area (Å²) in [5, 5.41) is 0. The zero-order chi connectivity index (χ0) is 14.1. The van der Waals surface area contributed by atoms with Crippen molar-refractivity contribution in [3.05, 3.63) is 65.2 Å². The summed E-state index contributed by atoms with van der Waals surface area (Å²) in [7, 11) is 0. The molecule has 3 heteroatoms. The summed E-state index contributed by atoms with van der Waals surface area (Å²) >= 11 is 0. The molecule has 20 heavy (non-hydrogen) atoms. The van der Waals surface area contributed by atoms with Crippen molar-refractivity contribution in [2.24, 2.45) is 0 Å². The van der Waals surface area contributed by atoms with Gasteiger partial charge in [0, 0.05) is 5.56 Å². The molecule has 2 aromatic carbocycles. The van der Waals surface area contributed by atoms with Crippen LogP contribution in [0.15, 0.2) is 48.5 Å². The highest BCUT2D eigenvalue weighted by Crippen LogP contribution is 2.35. The first-order valence-electron chi connectivity index (χ1n) is 6.55. The van der Waals surface area contributed by atoms with E-state index in [-0.39, 0.29) is 17.7 Å². The lowest BCUT2D eigenvalue weighted by Gasteiger charge is -2.25. The van der Waals surface area contributed by atoms with Gasteiger partial charge < -0.3 is 4.74 Å². The van der Waals surface area contributed by atoms with E-state index < -0.39 is 0 Å². The fourth-order valence-electron chi connectivity index (χ4n) is 2.40. The third kappa shape index (κ3) is 2.23. The lowest BCUT2D eigenvalue weighted by atomic mass is 9.95. The molecule has 2 aromatic rings. The summed E-state index contributed by atoms with van der Waals surface area (Å²) in [6.45, 7) is 1.50. The van der Waals surface area contributed by atoms with Crippen LogP contribution in [0.5, 0.6) is 5.75 Å². The predicted octanol–water partition coefficient (Wildman–Crippen LogP) is 3.60. The van der Waals surface area contributed by atoms with Gasteiger partial charge in [-0.2, -0.15) is 0 Å². The first-order chi connectivity index (χ1) is 9.65. The lowest BCUT2D eigenvalue weighted by Crippen LogP contribution is -2.20. The fraction of sp³-hybridized carbons (Fsp3) is 0.176. The minimum Gasteiger partial charge on any atom is -0.484 e. The predicted molar refractivity (Wildman–Crippen MR) is 75.2 cm³/mol. The number of ether oxygens (including phenoxy) is 1. The second-order valence-corrected chi connectivity index (χ2v) is 4.91. The van der Waals surface area contributed by atoms with Crippen LogP contribution in [0.2, 0.25) is 0 Å². The molecular formula is C17H14O3. The van der Waals surface area contributed by atoms with E-state index in [1.54, 1.807) is 18.2 Å². The van der Waals surface area contributed by atoms with E-state index in [9.17, 15) is 9.59 Å². The van der Waals surface area contributed by atoms with Gasteiger partial charge in [0.1, 0.15) is 11.9 Å². The van der Waals surface area contributed by atoms with Gasteiger partial charge in [-0.25, -0.2) is 0 Å². The van der Waals surface area contributed by atoms with Crippen LogP contribution in [-0.4, -0.2) is 11.6 Å². The van der Waals surface area contributed by atoms with Crippen molar-refractivity contribution in [1.82, 2.24) is 0 Å². The van der Waals surface area contributed by atoms with Crippen LogP contribution in [-0.2, 0) is 0 Å². The minimum atomic E-state index is -0.279. The quantitative estimate of drug-likeness (QED) is 0.780. The molecule has 1 heterocycles. The van der Waals surface area contributed by atoms with Crippen molar-refractivity contribution >= 4 is 11.6 Å². The number of carbonyl (C=O) groups is 2. The number of carbonyl (C=O) groups excluding carboxylic acids is 2. The van der Waals surface area contributed by atoms with Crippen LogP contribution < -0.4 is 4.74 Å². The zero-order valence-corrected chi connectivity index (χ0v) is 11.1. The molecule has 100 valence electrons. The van der Waals surface area contributed by atoms with Crippen LogP contribution in [0, 0.1) is 0 Å². The number of benzene rings is 2. The molecule has 1 atom stereocenters. The SMILES string of the molecule is CC(=O)c1ccc2c(c1)OC(c1ccccc1)CC2=O. The van der Waals surface area contributed by atoms with Gasteiger partial charge in [-0.1, -0.05) is 36.4 Å². The Kier molecular flexibility index (Phi) is 3.11. The second-order valence-electron chi connectivity index (χ2n) is 4.91. The summed E-state index contributed by atoms with van der Waals surface area (Å²) in [5.74, 6) is 0.517. The Morgan fingerprint density at radius 1 is 1.15 bits per heavy atom. The Labute approximate surface area is 117 Å². The largest absolute Gasteiger partial charge is 0.484 e. The molecule has 0 saturated carbocycles. The van der Waals surface area contributed by atoms with Crippen LogP contribution in [0.1, 0.15) is 45.7 Å². The monoisotopic (exact) mass is 266 g/mol. The molecule has 0 amide bonds. The van der Waals surface area contributed by atoms with E-state index in [2.05, 4.69) is 0 Å². The molecule has 1 aliphatic rings. The van der Waals surface area contributed by atoms with Crippen LogP contribution in [0.25, 0.3) is 0 Å². The highest BCUT2D eigenvalue weighted by atomic mass is 16.5. The first-order valence-corrected chi connectivity index (χ1v) is 6.55. The Morgan fingerprint density at radius 2 is 1.90 bits per heavy atom. The summed E-state index contributed by atoms with van der Waals surface area (Å²) in [6.07, 6.45) is 0.0505. The van der Waals surface area contributed by atoms with Crippen molar-refractivity contribution in [1.29, 1.82) is 0 Å². The molecule has 0 aromatic heterocycles. The zero-order valence-electron chi connectivity index (χ0n) is 11.1. The van der Waals surface area contributed by atoms with Gasteiger partial charge in [0.2, 0.25) is 0 Å². The third-order valence-electron chi connectivity index (χ3n) is 3.50. The maximum absolute atomic E-state index is 12.2. The average Bonchev–Trinajstić information content (AvgIpc) is 2.47. The van der Waals surface area contributed by atoms with Crippen molar-refractivity contribution in [2.45, 2.75) is 19.4 Å². The number of hydrogen-bond acceptors (Lipinski definition) is 3. The number of Topliss-reactive ketones (excluding diaryl/α,β-unsaturated/α-hetero) is 2. The standard InChI is InChI=1S/C17H14O3/c1-11(18)13-7-8-14-15(19)10-16(20-17(14)9-13)12-5-3-2-4-6-12/h2-9,16H,10H2,1H3. The van der Waals surface area contributed by atoms with E-state index in [4.69, 9.17) is 4.74 Å². The molecule has 3 rings (SSSR count). The summed E-state index contributed by atoms with van der Waals surface area (Å²) in [4.78, 5) is 23.6. The number of ketones is 2. The van der Waals surface area contributed by atoms with E-state index in [1.165, 1.54) is 6.92 Å². The second kappa shape index (κ2) is 4.93. The highest BCUT2D eigenvalue weighted by molar-refractivity contribution is 6.02. The van der Waals surface area contributed by atoms with Gasteiger partial charge in [0.05, 0.1) is 12.0 Å². The Balaban J connectivity index is 1.99. The molecule has 0 N–H and O–H groups in total. The summed E-state index contributed by atoms with van der Waals surface area (Å²) in [6, 6.07) is 14.7. The van der Waals surface area contributed by atoms with E-state index >= 15 is 0 Å². The van der Waals surface area contributed by atoms with Crippen LogP contribution in [0.4, 0.5) is 0 Å². The average molecular weight is 266 g/mol. The van der Waals surface area contributed by atoms with Crippen molar-refractivity contribution in [2.75, 3.05) is 0 Å². The summed E-state index contributed by atoms with van der Waals surface area (Å²) in [5.41, 5.74) is 2.09. The Bertz CT molecular complexity index is 674. The van der Waals surface area contributed by atoms with Crippen molar-refractivity contribution < 1.29 is 14.3 Å². The molecule has 0 saturated heterocycles. The minimum absolute atomic E-state index is 0.0364. The lowest BCUT2D eigenvalue weighted by molar-refractivity contribution is 0.0847. The van der Waals surface area contributed by atoms with Gasteiger partial charge in [-0.15, -0.1) is 0 Å². The molecule has 0 bridgehead atoms. The topological polar surface area (TPSA) is 43.4 Å². The smallest absolute Gasteiger partial charge is 0.170 e. The molecule has 0 spiro atoms. The van der Waals surface area contributed by atoms with Crippen LogP contribution >= 0.6 is 0 Å². The Hall–Kier alpha value is -2.42. The maximum atomic E-state index is 12.2. The fourth-order valence-corrected chi connectivity index (χ4v) is 2.40. The van der Waals surface area contributed by atoms with Gasteiger partial charge in [-0.3, -0.25) is 9.59 Å². The molecule has 0 fully saturated rings. The highest BCUT2D eigenvalue weighted by Gasteiger charge is 2.27. The van der Waals surface area contributed by atoms with Gasteiger partial charge >= 0.3 is 0 Å². The molecule has 3 nitrogen and oxygen atoms in total. The number of hydrogen-bond donors (Lipinski definition) is 0. The van der Waals surface area contributed by atoms with Gasteiger partial charge in [0.25, 0.3) is 0 Å². The van der Waals surface area contributed by atoms with E-state index in [1.807, 2.05) is 30.3 Å². The molecule has 1 aliphatic heterocycles. The third-order valence-corrected chi connectivity index (χ3v) is 3.50. The van der Waals surface area contributed by atoms with Crippen molar-refractivity contribution in [3.63, 3.8) is 0 Å². The normalized spacial score (nSPS) is 17.2. The number of fused-ring (bicyclic) bond motifs is 1. The van der Waals surface area contributed by atoms with E-state index in [0.717, 1.165) is 5.56 Å². The van der Waals surface area contributed by atoms with Gasteiger partial charge in [-0.05, 0) is 24.6 Å². The summed E-state index contributed by atoms with van der Waals surface area (Å²) < 4.78 is 5.91. The van der Waals surface area contributed by atoms with Crippen molar-refractivity contribution in [3.8, 4) is 5.75 Å². The molecule has 0 radical (unpaired) electrons. The number of rotatable bonds is 2. The van der Waals surface area contributed by atoms with Gasteiger partial charge in [0.15, 0.2) is 11.6 Å². The first kappa shape index (κ1) is 12.6. The van der Waals surface area contributed by atoms with Crippen LogP contribution in [0.3, 0.4) is 0 Å². The Morgan fingerprint density at radius 3 is 2.60 bits per heavy atom. The maximum Gasteiger partial charge on any atom is 0.170 e. The van der Waals surface area contributed by atoms with E-state index in [0.29, 0.717) is 23.3 Å². The molecule has 0 aliphatic carbocycles.